The number of carbonyl (C=O) groups excluding carboxylic acids is 1. The van der Waals surface area contributed by atoms with Crippen LogP contribution in [0.25, 0.3) is 10.9 Å². The van der Waals surface area contributed by atoms with Crippen molar-refractivity contribution in [2.45, 2.75) is 13.3 Å². The molecule has 2 aromatic rings. The van der Waals surface area contributed by atoms with Gasteiger partial charge in [-0.15, -0.1) is 0 Å². The maximum atomic E-state index is 13.8. The molecule has 6 nitrogen and oxygen atoms in total. The molecular weight excluding hydrogens is 279 g/mol. The summed E-state index contributed by atoms with van der Waals surface area (Å²) in [6.45, 7) is 1.46. The molecule has 21 heavy (non-hydrogen) atoms. The third kappa shape index (κ3) is 2.59. The number of benzene rings is 1. The Morgan fingerprint density at radius 1 is 1.48 bits per heavy atom. The molecule has 0 amide bonds. The Bertz CT molecular complexity index is 755. The highest BCUT2D eigenvalue weighted by Gasteiger charge is 2.19. The first-order valence-corrected chi connectivity index (χ1v) is 6.41. The van der Waals surface area contributed by atoms with Crippen molar-refractivity contribution in [1.82, 2.24) is 4.68 Å². The summed E-state index contributed by atoms with van der Waals surface area (Å²) in [5, 5.41) is 9.11. The van der Waals surface area contributed by atoms with E-state index in [2.05, 4.69) is 0 Å². The molecule has 0 saturated heterocycles. The van der Waals surface area contributed by atoms with E-state index in [9.17, 15) is 14.0 Å². The van der Waals surface area contributed by atoms with E-state index in [1.165, 1.54) is 6.07 Å². The second-order valence-electron chi connectivity index (χ2n) is 4.40. The third-order valence-electron chi connectivity index (χ3n) is 3.10. The quantitative estimate of drug-likeness (QED) is 0.635. The highest BCUT2D eigenvalue weighted by Crippen LogP contribution is 2.20. The number of aliphatic hydroxyl groups is 1. The van der Waals surface area contributed by atoms with Gasteiger partial charge >= 0.3 is 5.97 Å². The first kappa shape index (κ1) is 15.0. The van der Waals surface area contributed by atoms with E-state index in [1.807, 2.05) is 0 Å². The van der Waals surface area contributed by atoms with E-state index < -0.39 is 17.2 Å². The molecule has 3 N–H and O–H groups in total. The van der Waals surface area contributed by atoms with Crippen LogP contribution in [0.1, 0.15) is 22.8 Å². The number of nitrogen functional groups attached to an aromatic ring is 1. The summed E-state index contributed by atoms with van der Waals surface area (Å²) >= 11 is 0. The minimum Gasteiger partial charge on any atom is -0.462 e. The van der Waals surface area contributed by atoms with Crippen molar-refractivity contribution in [1.29, 1.82) is 0 Å². The van der Waals surface area contributed by atoms with Crippen LogP contribution in [0, 0.1) is 5.82 Å². The van der Waals surface area contributed by atoms with Crippen LogP contribution >= 0.6 is 0 Å². The van der Waals surface area contributed by atoms with E-state index in [-0.39, 0.29) is 41.7 Å². The molecule has 0 fully saturated rings. The SMILES string of the molecule is CCOC(=O)c1cn(N)c2c(CCO)c(F)ccc2c1=O. The number of ether oxygens (including phenoxy) is 1. The fourth-order valence-electron chi connectivity index (χ4n) is 2.20. The van der Waals surface area contributed by atoms with Crippen LogP contribution in [-0.2, 0) is 11.2 Å². The van der Waals surface area contributed by atoms with Gasteiger partial charge in [0.25, 0.3) is 0 Å². The minimum atomic E-state index is -0.781. The maximum absolute atomic E-state index is 13.8. The van der Waals surface area contributed by atoms with Gasteiger partial charge in [-0.2, -0.15) is 0 Å². The summed E-state index contributed by atoms with van der Waals surface area (Å²) in [6.07, 6.45) is 1.13. The molecule has 0 bridgehead atoms. The third-order valence-corrected chi connectivity index (χ3v) is 3.10. The zero-order chi connectivity index (χ0) is 15.6. The van der Waals surface area contributed by atoms with Crippen molar-refractivity contribution in [2.24, 2.45) is 0 Å². The molecule has 7 heteroatoms. The predicted octanol–water partition coefficient (Wildman–Crippen LogP) is 0.566. The van der Waals surface area contributed by atoms with Crippen molar-refractivity contribution in [3.05, 3.63) is 45.5 Å². The fourth-order valence-corrected chi connectivity index (χ4v) is 2.20. The van der Waals surface area contributed by atoms with Crippen LogP contribution in [0.3, 0.4) is 0 Å². The Balaban J connectivity index is 2.78. The molecule has 0 unspecified atom stereocenters. The largest absolute Gasteiger partial charge is 0.462 e. The fraction of sp³-hybridized carbons (Fsp3) is 0.286. The molecule has 0 aliphatic rings. The lowest BCUT2D eigenvalue weighted by molar-refractivity contribution is 0.0524. The van der Waals surface area contributed by atoms with Crippen LogP contribution in [0.5, 0.6) is 0 Å². The van der Waals surface area contributed by atoms with Gasteiger partial charge in [-0.05, 0) is 19.1 Å². The summed E-state index contributed by atoms with van der Waals surface area (Å²) in [5.41, 5.74) is -0.509. The molecule has 0 aliphatic heterocycles. The van der Waals surface area contributed by atoms with Crippen molar-refractivity contribution >= 4 is 16.9 Å². The normalized spacial score (nSPS) is 10.8. The minimum absolute atomic E-state index is 0.0125. The van der Waals surface area contributed by atoms with Gasteiger partial charge in [0, 0.05) is 30.2 Å². The molecular formula is C14H15FN2O4. The van der Waals surface area contributed by atoms with Crippen LogP contribution in [0.4, 0.5) is 4.39 Å². The number of esters is 1. The molecule has 0 spiro atoms. The van der Waals surface area contributed by atoms with Gasteiger partial charge in [-0.1, -0.05) is 0 Å². The van der Waals surface area contributed by atoms with Crippen molar-refractivity contribution in [2.75, 3.05) is 19.1 Å². The van der Waals surface area contributed by atoms with E-state index >= 15 is 0 Å². The Morgan fingerprint density at radius 2 is 2.19 bits per heavy atom. The van der Waals surface area contributed by atoms with E-state index in [1.54, 1.807) is 6.92 Å². The van der Waals surface area contributed by atoms with Crippen LogP contribution in [0.15, 0.2) is 23.1 Å². The number of hydrogen-bond acceptors (Lipinski definition) is 5. The topological polar surface area (TPSA) is 94.6 Å². The van der Waals surface area contributed by atoms with E-state index in [0.29, 0.717) is 0 Å². The molecule has 112 valence electrons. The van der Waals surface area contributed by atoms with Gasteiger partial charge in [-0.25, -0.2) is 9.18 Å². The highest BCUT2D eigenvalue weighted by atomic mass is 19.1. The lowest BCUT2D eigenvalue weighted by Gasteiger charge is -2.12. The van der Waals surface area contributed by atoms with Gasteiger partial charge in [0.2, 0.25) is 5.43 Å². The summed E-state index contributed by atoms with van der Waals surface area (Å²) in [4.78, 5) is 24.0. The Kier molecular flexibility index (Phi) is 4.23. The summed E-state index contributed by atoms with van der Waals surface area (Å²) in [5.74, 6) is 4.43. The zero-order valence-electron chi connectivity index (χ0n) is 11.4. The molecule has 1 heterocycles. The summed E-state index contributed by atoms with van der Waals surface area (Å²) in [6, 6.07) is 2.38. The van der Waals surface area contributed by atoms with Gasteiger partial charge in [0.05, 0.1) is 12.1 Å². The number of nitrogens with two attached hydrogens (primary N) is 1. The van der Waals surface area contributed by atoms with E-state index in [0.717, 1.165) is 16.9 Å². The highest BCUT2D eigenvalue weighted by molar-refractivity contribution is 5.94. The Hall–Kier alpha value is -2.41. The molecule has 2 rings (SSSR count). The van der Waals surface area contributed by atoms with Crippen molar-refractivity contribution in [3.63, 3.8) is 0 Å². The smallest absolute Gasteiger partial charge is 0.343 e. The van der Waals surface area contributed by atoms with Gasteiger partial charge in [0.15, 0.2) is 0 Å². The predicted molar refractivity (Wildman–Crippen MR) is 75.1 cm³/mol. The average molecular weight is 294 g/mol. The number of hydrogen-bond donors (Lipinski definition) is 2. The number of halogens is 1. The Labute approximate surface area is 119 Å². The van der Waals surface area contributed by atoms with Crippen LogP contribution in [0.2, 0.25) is 0 Å². The first-order valence-electron chi connectivity index (χ1n) is 6.41. The first-order chi connectivity index (χ1) is 10.0. The number of rotatable bonds is 4. The van der Waals surface area contributed by atoms with Gasteiger partial charge < -0.3 is 15.7 Å². The average Bonchev–Trinajstić information content (AvgIpc) is 2.45. The number of pyridine rings is 1. The molecule has 1 aromatic carbocycles. The second kappa shape index (κ2) is 5.92. The lowest BCUT2D eigenvalue weighted by Crippen LogP contribution is -2.24. The molecule has 0 aliphatic carbocycles. The van der Waals surface area contributed by atoms with Gasteiger partial charge in [0.1, 0.15) is 11.4 Å². The number of aliphatic hydroxyl groups excluding tert-OH is 1. The Morgan fingerprint density at radius 3 is 2.81 bits per heavy atom. The second-order valence-corrected chi connectivity index (χ2v) is 4.40. The number of nitrogens with zero attached hydrogens (tertiary/aromatic N) is 1. The number of aromatic nitrogens is 1. The van der Waals surface area contributed by atoms with Crippen molar-refractivity contribution in [3.8, 4) is 0 Å². The number of fused-ring (bicyclic) bond motifs is 1. The molecule has 1 aromatic heterocycles. The maximum Gasteiger partial charge on any atom is 0.343 e. The summed E-state index contributed by atoms with van der Waals surface area (Å²) < 4.78 is 19.6. The van der Waals surface area contributed by atoms with Crippen molar-refractivity contribution < 1.29 is 19.0 Å². The van der Waals surface area contributed by atoms with Gasteiger partial charge in [-0.3, -0.25) is 9.47 Å². The van der Waals surface area contributed by atoms with E-state index in [4.69, 9.17) is 15.7 Å². The lowest BCUT2D eigenvalue weighted by atomic mass is 10.0. The molecule has 0 saturated carbocycles. The monoisotopic (exact) mass is 294 g/mol. The van der Waals surface area contributed by atoms with Crippen LogP contribution in [-0.4, -0.2) is 29.0 Å². The standard InChI is InChI=1S/C14H15FN2O4/c1-2-21-14(20)10-7-17(16)12-8(5-6-18)11(15)4-3-9(12)13(10)19/h3-4,7,18H,2,5-6,16H2,1H3. The molecule has 0 atom stereocenters. The zero-order valence-corrected chi connectivity index (χ0v) is 11.4. The molecule has 0 radical (unpaired) electrons. The van der Waals surface area contributed by atoms with Crippen LogP contribution < -0.4 is 11.3 Å². The number of carbonyl (C=O) groups is 1. The summed E-state index contributed by atoms with van der Waals surface area (Å²) in [7, 11) is 0.